The molecule has 0 aliphatic carbocycles. The van der Waals surface area contributed by atoms with Crippen molar-refractivity contribution in [3.63, 3.8) is 0 Å². The number of carbonyl (C=O) groups excluding carboxylic acids is 1. The fraction of sp³-hybridized carbons (Fsp3) is 0.500. The second-order valence-corrected chi connectivity index (χ2v) is 6.24. The quantitative estimate of drug-likeness (QED) is 0.760. The Kier molecular flexibility index (Phi) is 4.27. The smallest absolute Gasteiger partial charge is 0.253 e. The molecule has 0 radical (unpaired) electrons. The van der Waals surface area contributed by atoms with Gasteiger partial charge in [0.25, 0.3) is 5.91 Å². The molecule has 1 heterocycles. The summed E-state index contributed by atoms with van der Waals surface area (Å²) >= 11 is 2.24. The lowest BCUT2D eigenvalue weighted by atomic mass is 9.94. The lowest BCUT2D eigenvalue weighted by Crippen LogP contribution is -2.49. The van der Waals surface area contributed by atoms with Gasteiger partial charge >= 0.3 is 0 Å². The average molecular weight is 359 g/mol. The maximum absolute atomic E-state index is 12.4. The van der Waals surface area contributed by atoms with Crippen LogP contribution in [0, 0.1) is 3.57 Å². The zero-order chi connectivity index (χ0) is 13.2. The molecular weight excluding hydrogens is 341 g/mol. The third-order valence-electron chi connectivity index (χ3n) is 3.53. The minimum atomic E-state index is -0.197. The largest absolute Gasteiger partial charge is 0.377 e. The number of methoxy groups -OCH3 is 1. The maximum Gasteiger partial charge on any atom is 0.253 e. The lowest BCUT2D eigenvalue weighted by molar-refractivity contribution is -0.0440. The van der Waals surface area contributed by atoms with Gasteiger partial charge in [-0.1, -0.05) is 0 Å². The molecule has 1 aromatic carbocycles. The Labute approximate surface area is 122 Å². The Hall–Kier alpha value is -0.620. The van der Waals surface area contributed by atoms with Crippen molar-refractivity contribution < 1.29 is 9.53 Å². The fourth-order valence-electron chi connectivity index (χ4n) is 2.32. The normalized spacial score (nSPS) is 24.1. The summed E-state index contributed by atoms with van der Waals surface area (Å²) in [6.07, 6.45) is 2.01. The number of ether oxygens (including phenoxy) is 1. The van der Waals surface area contributed by atoms with E-state index in [0.717, 1.165) is 28.5 Å². The van der Waals surface area contributed by atoms with Gasteiger partial charge < -0.3 is 9.64 Å². The SMILES string of the molecule is COC1(C)CCCN(C(=O)c2ccc(I)cc2)C1. The number of carbonyl (C=O) groups is 1. The predicted octanol–water partition coefficient (Wildman–Crippen LogP) is 2.93. The van der Waals surface area contributed by atoms with E-state index < -0.39 is 0 Å². The minimum Gasteiger partial charge on any atom is -0.377 e. The molecule has 18 heavy (non-hydrogen) atoms. The van der Waals surface area contributed by atoms with Gasteiger partial charge in [-0.15, -0.1) is 0 Å². The number of piperidine rings is 1. The summed E-state index contributed by atoms with van der Waals surface area (Å²) in [4.78, 5) is 14.3. The highest BCUT2D eigenvalue weighted by Gasteiger charge is 2.33. The van der Waals surface area contributed by atoms with Crippen LogP contribution in [-0.4, -0.2) is 36.6 Å². The van der Waals surface area contributed by atoms with Crippen molar-refractivity contribution in [2.24, 2.45) is 0 Å². The molecule has 0 bridgehead atoms. The van der Waals surface area contributed by atoms with Crippen molar-refractivity contribution >= 4 is 28.5 Å². The molecule has 1 unspecified atom stereocenters. The van der Waals surface area contributed by atoms with Crippen LogP contribution in [0.4, 0.5) is 0 Å². The molecule has 4 heteroatoms. The number of nitrogens with zero attached hydrogens (tertiary/aromatic N) is 1. The van der Waals surface area contributed by atoms with Gasteiger partial charge in [0, 0.05) is 29.3 Å². The minimum absolute atomic E-state index is 0.106. The molecule has 2 rings (SSSR count). The fourth-order valence-corrected chi connectivity index (χ4v) is 2.68. The molecule has 1 aromatic rings. The molecule has 1 amide bonds. The van der Waals surface area contributed by atoms with E-state index in [2.05, 4.69) is 29.5 Å². The van der Waals surface area contributed by atoms with Crippen LogP contribution >= 0.6 is 22.6 Å². The first kappa shape index (κ1) is 13.8. The number of likely N-dealkylation sites (tertiary alicyclic amines) is 1. The van der Waals surface area contributed by atoms with Gasteiger partial charge in [-0.05, 0) is 66.6 Å². The second-order valence-electron chi connectivity index (χ2n) is 4.99. The van der Waals surface area contributed by atoms with Crippen LogP contribution in [0.2, 0.25) is 0 Å². The van der Waals surface area contributed by atoms with Crippen LogP contribution in [0.3, 0.4) is 0 Å². The maximum atomic E-state index is 12.4. The Bertz CT molecular complexity index is 432. The molecule has 0 spiro atoms. The van der Waals surface area contributed by atoms with Crippen LogP contribution in [0.25, 0.3) is 0 Å². The second kappa shape index (κ2) is 5.57. The third kappa shape index (κ3) is 3.03. The predicted molar refractivity (Wildman–Crippen MR) is 79.7 cm³/mol. The van der Waals surface area contributed by atoms with Crippen LogP contribution < -0.4 is 0 Å². The summed E-state index contributed by atoms with van der Waals surface area (Å²) in [5, 5.41) is 0. The Morgan fingerprint density at radius 3 is 2.67 bits per heavy atom. The monoisotopic (exact) mass is 359 g/mol. The highest BCUT2D eigenvalue weighted by molar-refractivity contribution is 14.1. The van der Waals surface area contributed by atoms with Crippen LogP contribution in [-0.2, 0) is 4.74 Å². The zero-order valence-corrected chi connectivity index (χ0v) is 12.9. The summed E-state index contributed by atoms with van der Waals surface area (Å²) in [7, 11) is 1.72. The number of halogens is 1. The Balaban J connectivity index is 2.11. The summed E-state index contributed by atoms with van der Waals surface area (Å²) < 4.78 is 6.66. The van der Waals surface area contributed by atoms with E-state index >= 15 is 0 Å². The molecule has 1 aliphatic rings. The lowest BCUT2D eigenvalue weighted by Gasteiger charge is -2.39. The van der Waals surface area contributed by atoms with E-state index in [1.54, 1.807) is 7.11 Å². The first-order valence-electron chi connectivity index (χ1n) is 6.14. The van der Waals surface area contributed by atoms with Gasteiger partial charge in [0.2, 0.25) is 0 Å². The van der Waals surface area contributed by atoms with Crippen molar-refractivity contribution in [2.45, 2.75) is 25.4 Å². The molecule has 1 atom stereocenters. The highest BCUT2D eigenvalue weighted by atomic mass is 127. The van der Waals surface area contributed by atoms with Crippen molar-refractivity contribution in [3.05, 3.63) is 33.4 Å². The van der Waals surface area contributed by atoms with E-state index in [9.17, 15) is 4.79 Å². The molecule has 1 fully saturated rings. The van der Waals surface area contributed by atoms with Crippen molar-refractivity contribution in [2.75, 3.05) is 20.2 Å². The molecular formula is C14H18INO2. The van der Waals surface area contributed by atoms with E-state index in [0.29, 0.717) is 6.54 Å². The van der Waals surface area contributed by atoms with Crippen LogP contribution in [0.1, 0.15) is 30.1 Å². The molecule has 0 N–H and O–H groups in total. The number of rotatable bonds is 2. The van der Waals surface area contributed by atoms with Crippen molar-refractivity contribution in [3.8, 4) is 0 Å². The zero-order valence-electron chi connectivity index (χ0n) is 10.8. The standard InChI is InChI=1S/C14H18INO2/c1-14(18-2)8-3-9-16(10-14)13(17)11-4-6-12(15)7-5-11/h4-7H,3,8-10H2,1-2H3. The van der Waals surface area contributed by atoms with Gasteiger partial charge in [0.15, 0.2) is 0 Å². The molecule has 1 saturated heterocycles. The van der Waals surface area contributed by atoms with E-state index in [4.69, 9.17) is 4.74 Å². The van der Waals surface area contributed by atoms with Crippen molar-refractivity contribution in [1.29, 1.82) is 0 Å². The molecule has 1 aliphatic heterocycles. The van der Waals surface area contributed by atoms with Gasteiger partial charge in [0.05, 0.1) is 5.60 Å². The first-order valence-corrected chi connectivity index (χ1v) is 7.22. The molecule has 3 nitrogen and oxygen atoms in total. The van der Waals surface area contributed by atoms with Crippen LogP contribution in [0.15, 0.2) is 24.3 Å². The average Bonchev–Trinajstić information content (AvgIpc) is 2.39. The van der Waals surface area contributed by atoms with Gasteiger partial charge in [-0.25, -0.2) is 0 Å². The van der Waals surface area contributed by atoms with Crippen LogP contribution in [0.5, 0.6) is 0 Å². The van der Waals surface area contributed by atoms with Gasteiger partial charge in [-0.2, -0.15) is 0 Å². The summed E-state index contributed by atoms with van der Waals surface area (Å²) in [6, 6.07) is 7.71. The third-order valence-corrected chi connectivity index (χ3v) is 4.25. The number of hydrogen-bond donors (Lipinski definition) is 0. The number of hydrogen-bond acceptors (Lipinski definition) is 2. The Morgan fingerprint density at radius 1 is 1.39 bits per heavy atom. The topological polar surface area (TPSA) is 29.5 Å². The summed E-state index contributed by atoms with van der Waals surface area (Å²) in [5.74, 6) is 0.106. The molecule has 0 saturated carbocycles. The molecule has 98 valence electrons. The summed E-state index contributed by atoms with van der Waals surface area (Å²) in [5.41, 5.74) is 0.563. The number of amides is 1. The van der Waals surface area contributed by atoms with Crippen molar-refractivity contribution in [1.82, 2.24) is 4.90 Å². The number of benzene rings is 1. The van der Waals surface area contributed by atoms with Gasteiger partial charge in [0.1, 0.15) is 0 Å². The van der Waals surface area contributed by atoms with Gasteiger partial charge in [-0.3, -0.25) is 4.79 Å². The highest BCUT2D eigenvalue weighted by Crippen LogP contribution is 2.25. The summed E-state index contributed by atoms with van der Waals surface area (Å²) in [6.45, 7) is 3.57. The molecule has 0 aromatic heterocycles. The van der Waals surface area contributed by atoms with E-state index in [-0.39, 0.29) is 11.5 Å². The van der Waals surface area contributed by atoms with E-state index in [1.165, 1.54) is 0 Å². The van der Waals surface area contributed by atoms with E-state index in [1.807, 2.05) is 29.2 Å². The first-order chi connectivity index (χ1) is 8.54. The Morgan fingerprint density at radius 2 is 2.06 bits per heavy atom.